The average molecular weight is 802 g/mol. The van der Waals surface area contributed by atoms with Crippen LogP contribution >= 0.6 is 0 Å². The molecule has 1 nitrogen and oxygen atoms in total. The first kappa shape index (κ1) is 36.8. The normalized spacial score (nSPS) is 14.2. The number of hydrogen-bond donors (Lipinski definition) is 0. The molecule has 0 heterocycles. The monoisotopic (exact) mass is 801 g/mol. The van der Waals surface area contributed by atoms with E-state index in [4.69, 9.17) is 0 Å². The van der Waals surface area contributed by atoms with E-state index in [0.29, 0.717) is 0 Å². The second-order valence-corrected chi connectivity index (χ2v) is 16.9. The van der Waals surface area contributed by atoms with Crippen molar-refractivity contribution in [2.45, 2.75) is 12.3 Å². The minimum Gasteiger partial charge on any atom is -0.310 e. The van der Waals surface area contributed by atoms with Gasteiger partial charge in [-0.05, 0) is 131 Å². The van der Waals surface area contributed by atoms with Crippen LogP contribution in [0.15, 0.2) is 243 Å². The zero-order valence-electron chi connectivity index (χ0n) is 35.0. The molecule has 0 bridgehead atoms. The topological polar surface area (TPSA) is 3.24 Å². The van der Waals surface area contributed by atoms with Crippen LogP contribution < -0.4 is 4.90 Å². The maximum atomic E-state index is 2.45. The summed E-state index contributed by atoms with van der Waals surface area (Å²) in [4.78, 5) is 2.45. The van der Waals surface area contributed by atoms with Gasteiger partial charge >= 0.3 is 0 Å². The second-order valence-electron chi connectivity index (χ2n) is 16.9. The van der Waals surface area contributed by atoms with E-state index in [1.807, 2.05) is 0 Å². The van der Waals surface area contributed by atoms with Crippen LogP contribution in [0.25, 0.3) is 76.8 Å². The lowest BCUT2D eigenvalue weighted by molar-refractivity contribution is 0.714. The number of rotatable bonds is 7. The first-order valence-electron chi connectivity index (χ1n) is 21.9. The summed E-state index contributed by atoms with van der Waals surface area (Å²) in [6, 6.07) is 89.3. The van der Waals surface area contributed by atoms with Crippen LogP contribution in [-0.2, 0) is 5.41 Å². The van der Waals surface area contributed by atoms with Crippen molar-refractivity contribution >= 4 is 49.4 Å². The highest BCUT2D eigenvalue weighted by molar-refractivity contribution is 6.22. The Morgan fingerprint density at radius 2 is 0.857 bits per heavy atom. The lowest BCUT2D eigenvalue weighted by Gasteiger charge is -2.31. The van der Waals surface area contributed by atoms with Gasteiger partial charge in [0.25, 0.3) is 0 Å². The van der Waals surface area contributed by atoms with Gasteiger partial charge in [-0.3, -0.25) is 0 Å². The maximum Gasteiger partial charge on any atom is 0.0540 e. The van der Waals surface area contributed by atoms with E-state index in [0.717, 1.165) is 17.1 Å². The molecule has 0 amide bonds. The Hall–Kier alpha value is -8.00. The largest absolute Gasteiger partial charge is 0.310 e. The third-order valence-electron chi connectivity index (χ3n) is 13.5. The molecule has 1 aliphatic rings. The Labute approximate surface area is 368 Å². The number of fused-ring (bicyclic) bond motifs is 7. The Morgan fingerprint density at radius 3 is 1.60 bits per heavy atom. The quantitative estimate of drug-likeness (QED) is 0.145. The number of hydrogen-bond acceptors (Lipinski definition) is 1. The summed E-state index contributed by atoms with van der Waals surface area (Å²) in [7, 11) is 0. The summed E-state index contributed by atoms with van der Waals surface area (Å²) in [5.74, 6) is 0. The molecule has 12 rings (SSSR count). The van der Waals surface area contributed by atoms with E-state index in [1.54, 1.807) is 0 Å². The zero-order chi connectivity index (χ0) is 41.9. The van der Waals surface area contributed by atoms with Crippen LogP contribution in [0.4, 0.5) is 17.1 Å². The van der Waals surface area contributed by atoms with E-state index in [9.17, 15) is 0 Å². The lowest BCUT2D eigenvalue weighted by atomic mass is 9.74. The number of nitrogens with zero attached hydrogens (tertiary/aromatic N) is 1. The molecule has 0 fully saturated rings. The van der Waals surface area contributed by atoms with Gasteiger partial charge in [-0.15, -0.1) is 0 Å². The maximum absolute atomic E-state index is 2.45. The summed E-state index contributed by atoms with van der Waals surface area (Å²) in [5.41, 5.74) is 17.0. The Kier molecular flexibility index (Phi) is 8.69. The lowest BCUT2D eigenvalue weighted by Crippen LogP contribution is -2.22. The Bertz CT molecular complexity index is 3490. The minimum absolute atomic E-state index is 0.308. The molecule has 1 unspecified atom stereocenters. The molecular formula is C62H43N. The molecule has 11 aromatic carbocycles. The van der Waals surface area contributed by atoms with Gasteiger partial charge in [0, 0.05) is 22.2 Å². The molecule has 0 saturated heterocycles. The molecule has 0 N–H and O–H groups in total. The van der Waals surface area contributed by atoms with Crippen LogP contribution in [0.1, 0.15) is 23.6 Å². The summed E-state index contributed by atoms with van der Waals surface area (Å²) in [5, 5.41) is 7.46. The van der Waals surface area contributed by atoms with Crippen molar-refractivity contribution in [1.29, 1.82) is 0 Å². The molecule has 11 aromatic rings. The SMILES string of the molecule is CC1(c2ccccc2)c2ccccc2-c2ccc(N(c3ccc(-c4ccc5c(c4)c(-c4ccccc4)c(-c4ccccc4)c4ccccc45)cc3)c3cccc4ccccc34)cc21. The van der Waals surface area contributed by atoms with Gasteiger partial charge in [0.15, 0.2) is 0 Å². The van der Waals surface area contributed by atoms with Crippen LogP contribution in [0, 0.1) is 0 Å². The summed E-state index contributed by atoms with van der Waals surface area (Å²) in [6.07, 6.45) is 0. The molecule has 0 spiro atoms. The van der Waals surface area contributed by atoms with E-state index in [-0.39, 0.29) is 5.41 Å². The highest BCUT2D eigenvalue weighted by Gasteiger charge is 2.41. The standard InChI is InChI=1S/C62H43N/c1-62(47-24-9-4-10-25-47)57-30-16-15-28-53(57)54-39-37-49(41-58(54)62)63(59-31-17-23-43-18-11-12-26-50(43)59)48-35-32-42(33-36-48)46-34-38-52-51-27-13-14-29-55(51)60(44-19-5-2-6-20-44)61(56(52)40-46)45-21-7-3-8-22-45/h2-41H,1H3. The molecule has 1 atom stereocenters. The van der Waals surface area contributed by atoms with E-state index in [1.165, 1.54) is 93.5 Å². The molecule has 0 radical (unpaired) electrons. The van der Waals surface area contributed by atoms with E-state index >= 15 is 0 Å². The first-order valence-corrected chi connectivity index (χ1v) is 21.9. The van der Waals surface area contributed by atoms with Gasteiger partial charge in [-0.2, -0.15) is 0 Å². The van der Waals surface area contributed by atoms with Crippen molar-refractivity contribution < 1.29 is 0 Å². The van der Waals surface area contributed by atoms with Gasteiger partial charge < -0.3 is 4.90 Å². The predicted molar refractivity (Wildman–Crippen MR) is 267 cm³/mol. The molecule has 63 heavy (non-hydrogen) atoms. The van der Waals surface area contributed by atoms with Crippen LogP contribution in [0.2, 0.25) is 0 Å². The van der Waals surface area contributed by atoms with Gasteiger partial charge in [-0.1, -0.05) is 206 Å². The smallest absolute Gasteiger partial charge is 0.0540 e. The molecule has 296 valence electrons. The highest BCUT2D eigenvalue weighted by atomic mass is 15.1. The first-order chi connectivity index (χ1) is 31.1. The van der Waals surface area contributed by atoms with Crippen LogP contribution in [-0.4, -0.2) is 0 Å². The third-order valence-corrected chi connectivity index (χ3v) is 13.5. The van der Waals surface area contributed by atoms with Gasteiger partial charge in [0.05, 0.1) is 5.69 Å². The molecule has 1 heteroatoms. The molecule has 0 aliphatic heterocycles. The average Bonchev–Trinajstić information content (AvgIpc) is 3.62. The van der Waals surface area contributed by atoms with E-state index < -0.39 is 0 Å². The van der Waals surface area contributed by atoms with Crippen LogP contribution in [0.3, 0.4) is 0 Å². The third kappa shape index (κ3) is 5.92. The summed E-state index contributed by atoms with van der Waals surface area (Å²) >= 11 is 0. The van der Waals surface area contributed by atoms with Gasteiger partial charge in [0.2, 0.25) is 0 Å². The fraction of sp³-hybridized carbons (Fsp3) is 0.0323. The molecule has 0 saturated carbocycles. The second kappa shape index (κ2) is 14.9. The summed E-state index contributed by atoms with van der Waals surface area (Å²) < 4.78 is 0. The highest BCUT2D eigenvalue weighted by Crippen LogP contribution is 2.54. The zero-order valence-corrected chi connectivity index (χ0v) is 35.0. The minimum atomic E-state index is -0.308. The Morgan fingerprint density at radius 1 is 0.317 bits per heavy atom. The Balaban J connectivity index is 1.03. The van der Waals surface area contributed by atoms with Crippen molar-refractivity contribution in [3.05, 3.63) is 259 Å². The van der Waals surface area contributed by atoms with Crippen molar-refractivity contribution in [1.82, 2.24) is 0 Å². The van der Waals surface area contributed by atoms with Crippen molar-refractivity contribution in [2.75, 3.05) is 4.90 Å². The molecular weight excluding hydrogens is 759 g/mol. The fourth-order valence-electron chi connectivity index (χ4n) is 10.5. The number of benzene rings is 11. The van der Waals surface area contributed by atoms with Gasteiger partial charge in [0.1, 0.15) is 0 Å². The predicted octanol–water partition coefficient (Wildman–Crippen LogP) is 17.0. The van der Waals surface area contributed by atoms with Crippen molar-refractivity contribution in [2.24, 2.45) is 0 Å². The van der Waals surface area contributed by atoms with Gasteiger partial charge in [-0.25, -0.2) is 0 Å². The van der Waals surface area contributed by atoms with Crippen molar-refractivity contribution in [3.8, 4) is 44.5 Å². The van der Waals surface area contributed by atoms with Crippen LogP contribution in [0.5, 0.6) is 0 Å². The summed E-state index contributed by atoms with van der Waals surface area (Å²) in [6.45, 7) is 2.40. The van der Waals surface area contributed by atoms with E-state index in [2.05, 4.69) is 254 Å². The molecule has 1 aliphatic carbocycles. The van der Waals surface area contributed by atoms with Crippen molar-refractivity contribution in [3.63, 3.8) is 0 Å². The molecule has 0 aromatic heterocycles. The fourth-order valence-corrected chi connectivity index (χ4v) is 10.5. The number of anilines is 3.